The fraction of sp³-hybridized carbons (Fsp3) is 0.200. The van der Waals surface area contributed by atoms with Crippen LogP contribution in [0.5, 0.6) is 0 Å². The Morgan fingerprint density at radius 1 is 1.71 bits per heavy atom. The number of carboxylic acids is 1. The van der Waals surface area contributed by atoms with E-state index in [9.17, 15) is 9.18 Å². The summed E-state index contributed by atoms with van der Waals surface area (Å²) in [6, 6.07) is 1.05. The minimum Gasteiger partial charge on any atom is -0.478 e. The fourth-order valence-electron chi connectivity index (χ4n) is 0.975. The lowest BCUT2D eigenvalue weighted by Gasteiger charge is -1.96. The Morgan fingerprint density at radius 2 is 2.47 bits per heavy atom. The van der Waals surface area contributed by atoms with E-state index in [-0.39, 0.29) is 12.2 Å². The number of carbonyl (C=O) groups is 1. The van der Waals surface area contributed by atoms with E-state index in [1.165, 1.54) is 0 Å². The van der Waals surface area contributed by atoms with Gasteiger partial charge in [0.25, 0.3) is 0 Å². The molecule has 0 aromatic carbocycles. The molecule has 1 aromatic rings. The molecule has 0 saturated carbocycles. The van der Waals surface area contributed by atoms with Gasteiger partial charge in [0.05, 0.1) is 11.8 Å². The molecule has 0 aliphatic carbocycles. The van der Waals surface area contributed by atoms with Gasteiger partial charge in [0.2, 0.25) is 0 Å². The van der Waals surface area contributed by atoms with Crippen LogP contribution in [0.3, 0.4) is 0 Å². The van der Waals surface area contributed by atoms with Crippen LogP contribution in [-0.2, 0) is 0 Å². The van der Waals surface area contributed by atoms with E-state index in [4.69, 9.17) is 10.6 Å². The highest BCUT2D eigenvalue weighted by atomic mass is 19.1. The van der Waals surface area contributed by atoms with E-state index >= 15 is 0 Å². The predicted octanol–water partition coefficient (Wildman–Crippen LogP) is 1.97. The molecule has 86 valence electrons. The molecule has 0 bridgehead atoms. The van der Waals surface area contributed by atoms with Gasteiger partial charge in [-0.25, -0.2) is 14.2 Å². The molecule has 1 heterocycles. The lowest BCUT2D eigenvalue weighted by Crippen LogP contribution is -2.02. The number of hydrogen-bond acceptors (Lipinski definition) is 3. The minimum atomic E-state index is -1.37. The van der Waals surface area contributed by atoms with Crippen LogP contribution in [0, 0.1) is 17.7 Å². The van der Waals surface area contributed by atoms with Crippen molar-refractivity contribution in [2.45, 2.75) is 6.42 Å². The number of aromatic nitrogens is 1. The fourth-order valence-corrected chi connectivity index (χ4v) is 0.975. The Kier molecular flexibility index (Phi) is 4.48. The zero-order valence-electron chi connectivity index (χ0n) is 8.59. The molecule has 0 amide bonds. The molecule has 0 atom stereocenters. The molecule has 0 aliphatic rings. The van der Waals surface area contributed by atoms with Crippen molar-refractivity contribution in [1.29, 1.82) is 0 Å². The average Bonchev–Trinajstić information content (AvgIpc) is 2.30. The zero-order chi connectivity index (χ0) is 12.7. The summed E-state index contributed by atoms with van der Waals surface area (Å²) in [6.45, 7) is 0.219. The van der Waals surface area contributed by atoms with Crippen molar-refractivity contribution in [2.24, 2.45) is 5.11 Å². The molecule has 0 unspecified atom stereocenters. The topological polar surface area (TPSA) is 99.0 Å². The van der Waals surface area contributed by atoms with Crippen molar-refractivity contribution < 1.29 is 14.3 Å². The summed E-state index contributed by atoms with van der Waals surface area (Å²) >= 11 is 0. The van der Waals surface area contributed by atoms with E-state index in [1.807, 2.05) is 0 Å². The van der Waals surface area contributed by atoms with Crippen LogP contribution in [0.2, 0.25) is 0 Å². The molecule has 7 heteroatoms. The maximum Gasteiger partial charge on any atom is 0.338 e. The summed E-state index contributed by atoms with van der Waals surface area (Å²) in [7, 11) is 0. The molecular weight excluding hydrogens is 227 g/mol. The van der Waals surface area contributed by atoms with E-state index in [0.29, 0.717) is 6.42 Å². The molecule has 6 nitrogen and oxygen atoms in total. The standard InChI is InChI=1S/C10H7FN4O2/c11-9-6-13-7(5-8(9)10(16)17)3-1-2-4-14-15-12/h5-6H,2,4H2,(H,16,17). The molecule has 17 heavy (non-hydrogen) atoms. The van der Waals surface area contributed by atoms with Crippen LogP contribution in [0.4, 0.5) is 4.39 Å². The third kappa shape index (κ3) is 3.81. The number of hydrogen-bond donors (Lipinski definition) is 1. The van der Waals surface area contributed by atoms with Crippen LogP contribution in [0.1, 0.15) is 22.5 Å². The highest BCUT2D eigenvalue weighted by Crippen LogP contribution is 2.07. The SMILES string of the molecule is [N-]=[N+]=NCCC#Cc1cc(C(=O)O)c(F)cn1. The van der Waals surface area contributed by atoms with Crippen LogP contribution in [0.15, 0.2) is 17.4 Å². The number of nitrogens with zero attached hydrogens (tertiary/aromatic N) is 4. The Balaban J connectivity index is 2.82. The maximum absolute atomic E-state index is 13.0. The van der Waals surface area contributed by atoms with Crippen molar-refractivity contribution >= 4 is 5.97 Å². The summed E-state index contributed by atoms with van der Waals surface area (Å²) in [5.74, 6) is 2.90. The van der Waals surface area contributed by atoms with Crippen molar-refractivity contribution in [3.63, 3.8) is 0 Å². The maximum atomic E-state index is 13.0. The van der Waals surface area contributed by atoms with Crippen LogP contribution < -0.4 is 0 Å². The predicted molar refractivity (Wildman–Crippen MR) is 56.7 cm³/mol. The van der Waals surface area contributed by atoms with E-state index < -0.39 is 17.3 Å². The monoisotopic (exact) mass is 234 g/mol. The highest BCUT2D eigenvalue weighted by Gasteiger charge is 2.10. The average molecular weight is 234 g/mol. The van der Waals surface area contributed by atoms with E-state index in [0.717, 1.165) is 12.3 Å². The second-order valence-corrected chi connectivity index (χ2v) is 2.86. The normalized spacial score (nSPS) is 8.76. The van der Waals surface area contributed by atoms with Crippen molar-refractivity contribution in [3.8, 4) is 11.8 Å². The summed E-state index contributed by atoms with van der Waals surface area (Å²) in [5.41, 5.74) is 7.69. The third-order valence-corrected chi connectivity index (χ3v) is 1.70. The summed E-state index contributed by atoms with van der Waals surface area (Å²) in [4.78, 5) is 16.8. The van der Waals surface area contributed by atoms with Crippen LogP contribution >= 0.6 is 0 Å². The van der Waals surface area contributed by atoms with Crippen molar-refractivity contribution in [1.82, 2.24) is 4.98 Å². The first-order valence-electron chi connectivity index (χ1n) is 4.53. The van der Waals surface area contributed by atoms with Gasteiger partial charge in [-0.2, -0.15) is 0 Å². The number of aromatic carboxylic acids is 1. The summed E-state index contributed by atoms with van der Waals surface area (Å²) in [6.07, 6.45) is 1.13. The van der Waals surface area contributed by atoms with Crippen LogP contribution in [0.25, 0.3) is 10.4 Å². The van der Waals surface area contributed by atoms with Gasteiger partial charge < -0.3 is 5.11 Å². The first-order chi connectivity index (χ1) is 8.15. The van der Waals surface area contributed by atoms with Crippen LogP contribution in [-0.4, -0.2) is 22.6 Å². The Bertz CT molecular complexity index is 541. The first-order valence-corrected chi connectivity index (χ1v) is 4.53. The van der Waals surface area contributed by atoms with Gasteiger partial charge in [0, 0.05) is 17.9 Å². The largest absolute Gasteiger partial charge is 0.478 e. The van der Waals surface area contributed by atoms with Crippen molar-refractivity contribution in [2.75, 3.05) is 6.54 Å². The van der Waals surface area contributed by atoms with Gasteiger partial charge in [-0.15, -0.1) is 0 Å². The zero-order valence-corrected chi connectivity index (χ0v) is 8.59. The number of pyridine rings is 1. The third-order valence-electron chi connectivity index (χ3n) is 1.70. The molecule has 1 N–H and O–H groups in total. The highest BCUT2D eigenvalue weighted by molar-refractivity contribution is 5.88. The molecule has 0 radical (unpaired) electrons. The number of halogens is 1. The van der Waals surface area contributed by atoms with Gasteiger partial charge in [0.1, 0.15) is 5.69 Å². The van der Waals surface area contributed by atoms with E-state index in [2.05, 4.69) is 26.9 Å². The lowest BCUT2D eigenvalue weighted by atomic mass is 10.2. The minimum absolute atomic E-state index is 0.157. The molecule has 0 spiro atoms. The molecule has 1 rings (SSSR count). The number of rotatable bonds is 3. The number of carboxylic acid groups (broad SMARTS) is 1. The molecule has 0 fully saturated rings. The Hall–Kier alpha value is -2.58. The van der Waals surface area contributed by atoms with Gasteiger partial charge in [-0.05, 0) is 17.5 Å². The van der Waals surface area contributed by atoms with E-state index in [1.54, 1.807) is 0 Å². The van der Waals surface area contributed by atoms with Gasteiger partial charge in [0.15, 0.2) is 5.82 Å². The lowest BCUT2D eigenvalue weighted by molar-refractivity contribution is 0.0691. The summed E-state index contributed by atoms with van der Waals surface area (Å²) in [5, 5.41) is 11.9. The Labute approximate surface area is 95.7 Å². The molecule has 1 aromatic heterocycles. The molecule has 0 saturated heterocycles. The Morgan fingerprint density at radius 3 is 3.12 bits per heavy atom. The number of azide groups is 1. The van der Waals surface area contributed by atoms with Crippen molar-refractivity contribution in [3.05, 3.63) is 39.8 Å². The second-order valence-electron chi connectivity index (χ2n) is 2.86. The summed E-state index contributed by atoms with van der Waals surface area (Å²) < 4.78 is 13.0. The molecular formula is C10H7FN4O2. The van der Waals surface area contributed by atoms with Gasteiger partial charge in [-0.3, -0.25) is 0 Å². The molecule has 0 aliphatic heterocycles. The quantitative estimate of drug-likeness (QED) is 0.284. The van der Waals surface area contributed by atoms with Gasteiger partial charge in [-0.1, -0.05) is 11.0 Å². The van der Waals surface area contributed by atoms with Gasteiger partial charge >= 0.3 is 5.97 Å². The first kappa shape index (κ1) is 12.5. The second kappa shape index (κ2) is 6.10. The smallest absolute Gasteiger partial charge is 0.338 e.